The Labute approximate surface area is 90.9 Å². The third-order valence-corrected chi connectivity index (χ3v) is 2.22. The molecule has 0 fully saturated rings. The fraction of sp³-hybridized carbons (Fsp3) is 0.500. The van der Waals surface area contributed by atoms with E-state index in [0.717, 1.165) is 5.09 Å². The van der Waals surface area contributed by atoms with Gasteiger partial charge in [-0.15, -0.1) is 0 Å². The van der Waals surface area contributed by atoms with E-state index in [1.165, 1.54) is 17.5 Å². The standard InChI is InChI=1S/C12H17.Li/c1-10-7-5-6-8-11(10)9-12(2,3)4;/h5-8H,1,9H2,2-4H3;. The van der Waals surface area contributed by atoms with Crippen molar-refractivity contribution in [1.29, 1.82) is 0 Å². The number of hydrogen-bond acceptors (Lipinski definition) is 0. The maximum atomic E-state index is 2.29. The Morgan fingerprint density at radius 3 is 2.08 bits per heavy atom. The second kappa shape index (κ2) is 4.36. The first kappa shape index (κ1) is 10.9. The quantitative estimate of drug-likeness (QED) is 0.595. The van der Waals surface area contributed by atoms with Crippen LogP contribution < -0.4 is 0 Å². The van der Waals surface area contributed by atoms with Crippen LogP contribution in [0.2, 0.25) is 0 Å². The molecule has 0 aliphatic carbocycles. The summed E-state index contributed by atoms with van der Waals surface area (Å²) in [6, 6.07) is 8.76. The van der Waals surface area contributed by atoms with Crippen LogP contribution in [0.4, 0.5) is 0 Å². The monoisotopic (exact) mass is 168 g/mol. The van der Waals surface area contributed by atoms with Gasteiger partial charge >= 0.3 is 90.8 Å². The van der Waals surface area contributed by atoms with Crippen molar-refractivity contribution in [1.82, 2.24) is 0 Å². The van der Waals surface area contributed by atoms with Crippen molar-refractivity contribution in [2.24, 2.45) is 5.41 Å². The topological polar surface area (TPSA) is 0 Å². The molecule has 0 amide bonds. The summed E-state index contributed by atoms with van der Waals surface area (Å²) in [7, 11) is 0. The van der Waals surface area contributed by atoms with Gasteiger partial charge in [-0.05, 0) is 0 Å². The van der Waals surface area contributed by atoms with Crippen LogP contribution in [0.5, 0.6) is 0 Å². The molecule has 1 rings (SSSR count). The summed E-state index contributed by atoms with van der Waals surface area (Å²) in [6.45, 7) is 6.87. The molecule has 0 atom stereocenters. The normalized spacial score (nSPS) is 11.8. The minimum absolute atomic E-state index is 0.394. The molecule has 0 spiro atoms. The van der Waals surface area contributed by atoms with E-state index in [1.807, 2.05) is 0 Å². The van der Waals surface area contributed by atoms with Crippen molar-refractivity contribution in [2.45, 2.75) is 32.3 Å². The van der Waals surface area contributed by atoms with Gasteiger partial charge in [0.05, 0.1) is 0 Å². The molecule has 0 nitrogen and oxygen atoms in total. The molecule has 0 saturated carbocycles. The van der Waals surface area contributed by atoms with Crippen LogP contribution in [0.25, 0.3) is 0 Å². The molecule has 1 aromatic carbocycles. The second-order valence-electron chi connectivity index (χ2n) is 4.86. The second-order valence-corrected chi connectivity index (χ2v) is 4.86. The molecule has 0 aliphatic rings. The van der Waals surface area contributed by atoms with E-state index in [1.54, 1.807) is 0 Å². The Balaban J connectivity index is 2.87. The van der Waals surface area contributed by atoms with Crippen LogP contribution >= 0.6 is 0 Å². The molecule has 0 aliphatic heterocycles. The summed E-state index contributed by atoms with van der Waals surface area (Å²) < 4.78 is 0. The van der Waals surface area contributed by atoms with E-state index in [2.05, 4.69) is 62.8 Å². The molecule has 0 unspecified atom stereocenters. The van der Waals surface area contributed by atoms with E-state index >= 15 is 0 Å². The van der Waals surface area contributed by atoms with E-state index in [9.17, 15) is 0 Å². The SMILES string of the molecule is [Li][CH2]c1ccccc1CC(C)(C)C. The van der Waals surface area contributed by atoms with Gasteiger partial charge in [-0.2, -0.15) is 0 Å². The maximum absolute atomic E-state index is 2.29. The number of benzene rings is 1. The predicted octanol–water partition coefficient (Wildman–Crippen LogP) is 2.94. The van der Waals surface area contributed by atoms with Crippen LogP contribution in [-0.2, 0) is 11.5 Å². The Hall–Kier alpha value is -0.183. The molecule has 66 valence electrons. The zero-order valence-corrected chi connectivity index (χ0v) is 9.22. The van der Waals surface area contributed by atoms with Gasteiger partial charge in [-0.25, -0.2) is 0 Å². The summed E-state index contributed by atoms with van der Waals surface area (Å²) in [5.41, 5.74) is 3.40. The zero-order chi connectivity index (χ0) is 9.90. The summed E-state index contributed by atoms with van der Waals surface area (Å²) in [5.74, 6) is 0. The summed E-state index contributed by atoms with van der Waals surface area (Å²) in [4.78, 5) is 0. The van der Waals surface area contributed by atoms with Gasteiger partial charge in [-0.3, -0.25) is 0 Å². The van der Waals surface area contributed by atoms with Crippen molar-refractivity contribution in [3.8, 4) is 0 Å². The van der Waals surface area contributed by atoms with Gasteiger partial charge in [-0.1, -0.05) is 0 Å². The first-order chi connectivity index (χ1) is 6.03. The molecule has 0 bridgehead atoms. The molecule has 0 saturated heterocycles. The Kier molecular flexibility index (Phi) is 3.65. The molecular formula is C12H17Li. The van der Waals surface area contributed by atoms with E-state index in [-0.39, 0.29) is 0 Å². The fourth-order valence-electron chi connectivity index (χ4n) is 1.65. The Morgan fingerprint density at radius 1 is 1.08 bits per heavy atom. The summed E-state index contributed by atoms with van der Waals surface area (Å²) in [5, 5.41) is 1.15. The summed E-state index contributed by atoms with van der Waals surface area (Å²) in [6.07, 6.45) is 1.18. The van der Waals surface area contributed by atoms with Gasteiger partial charge in [0.15, 0.2) is 0 Å². The first-order valence-electron chi connectivity index (χ1n) is 5.10. The van der Waals surface area contributed by atoms with Crippen LogP contribution in [0.15, 0.2) is 24.3 Å². The van der Waals surface area contributed by atoms with Gasteiger partial charge in [0, 0.05) is 0 Å². The van der Waals surface area contributed by atoms with Crippen LogP contribution in [0.1, 0.15) is 31.9 Å². The Morgan fingerprint density at radius 2 is 1.62 bits per heavy atom. The van der Waals surface area contributed by atoms with Gasteiger partial charge in [0.25, 0.3) is 0 Å². The van der Waals surface area contributed by atoms with E-state index < -0.39 is 0 Å². The average molecular weight is 168 g/mol. The van der Waals surface area contributed by atoms with Crippen LogP contribution in [0.3, 0.4) is 0 Å². The first-order valence-corrected chi connectivity index (χ1v) is 5.10. The van der Waals surface area contributed by atoms with Gasteiger partial charge in [0.1, 0.15) is 0 Å². The van der Waals surface area contributed by atoms with Crippen molar-refractivity contribution >= 4 is 17.7 Å². The third kappa shape index (κ3) is 3.59. The molecule has 1 aromatic rings. The van der Waals surface area contributed by atoms with Crippen molar-refractivity contribution in [2.75, 3.05) is 0 Å². The minimum atomic E-state index is 0.394. The van der Waals surface area contributed by atoms with Gasteiger partial charge in [0.2, 0.25) is 0 Å². The van der Waals surface area contributed by atoms with Crippen molar-refractivity contribution < 1.29 is 0 Å². The molecule has 0 heterocycles. The number of hydrogen-bond donors (Lipinski definition) is 0. The molecule has 1 heteroatoms. The molecule has 0 aromatic heterocycles. The number of rotatable bonds is 2. The Bertz CT molecular complexity index is 271. The molecule has 0 radical (unpaired) electrons. The van der Waals surface area contributed by atoms with E-state index in [0.29, 0.717) is 5.41 Å². The average Bonchev–Trinajstić information content (AvgIpc) is 2.02. The molecule has 13 heavy (non-hydrogen) atoms. The van der Waals surface area contributed by atoms with Gasteiger partial charge < -0.3 is 0 Å². The third-order valence-electron chi connectivity index (χ3n) is 2.22. The molecule has 0 N–H and O–H groups in total. The zero-order valence-electron chi connectivity index (χ0n) is 9.22. The van der Waals surface area contributed by atoms with Crippen molar-refractivity contribution in [3.05, 3.63) is 35.4 Å². The van der Waals surface area contributed by atoms with E-state index in [4.69, 9.17) is 0 Å². The fourth-order valence-corrected chi connectivity index (χ4v) is 1.65. The predicted molar refractivity (Wildman–Crippen MR) is 59.1 cm³/mol. The molecular weight excluding hydrogens is 151 g/mol. The van der Waals surface area contributed by atoms with Crippen molar-refractivity contribution in [3.63, 3.8) is 0 Å². The summed E-state index contributed by atoms with van der Waals surface area (Å²) >= 11 is 2.22. The van der Waals surface area contributed by atoms with Crippen LogP contribution in [0, 0.1) is 5.41 Å². The van der Waals surface area contributed by atoms with Crippen LogP contribution in [-0.4, -0.2) is 17.7 Å².